The number of nitrogens with zero attached hydrogens (tertiary/aromatic N) is 1. The number of amides is 3. The molecule has 1 rings (SSSR count). The summed E-state index contributed by atoms with van der Waals surface area (Å²) in [5.41, 5.74) is 2.12. The first-order valence-corrected chi connectivity index (χ1v) is 9.67. The molecule has 3 N–H and O–H groups in total. The summed E-state index contributed by atoms with van der Waals surface area (Å²) in [5.74, 6) is -1.47. The van der Waals surface area contributed by atoms with E-state index in [1.54, 1.807) is 0 Å². The molecule has 0 radical (unpaired) electrons. The largest absolute Gasteiger partial charge is 0.371 e. The Bertz CT molecular complexity index is 673. The standard InChI is InChI=1S/C21H33N3O5/c1-21(2,3)18(20(27)22-4)24(13-9-12-15-10-7-6-8-11-15)17(25)14-16(29-5)19(26)23-28/h6-8,10-11,16,18,28H,9,12-14H2,1-5H3,(H,22,27)(H,23,26)/t16-,18+/m0/s1. The first kappa shape index (κ1) is 24.6. The van der Waals surface area contributed by atoms with Gasteiger partial charge in [-0.25, -0.2) is 5.48 Å². The number of hydrogen-bond donors (Lipinski definition) is 3. The van der Waals surface area contributed by atoms with Crippen molar-refractivity contribution in [3.63, 3.8) is 0 Å². The first-order chi connectivity index (χ1) is 13.6. The summed E-state index contributed by atoms with van der Waals surface area (Å²) < 4.78 is 5.03. The molecule has 162 valence electrons. The predicted octanol–water partition coefficient (Wildman–Crippen LogP) is 1.52. The number of ether oxygens (including phenoxy) is 1. The number of hydroxylamine groups is 1. The molecule has 8 nitrogen and oxygen atoms in total. The fourth-order valence-electron chi connectivity index (χ4n) is 3.27. The summed E-state index contributed by atoms with van der Waals surface area (Å²) >= 11 is 0. The van der Waals surface area contributed by atoms with Crippen molar-refractivity contribution >= 4 is 17.7 Å². The highest BCUT2D eigenvalue weighted by molar-refractivity contribution is 5.91. The van der Waals surface area contributed by atoms with Crippen LogP contribution < -0.4 is 10.8 Å². The van der Waals surface area contributed by atoms with Gasteiger partial charge in [0.2, 0.25) is 11.8 Å². The van der Waals surface area contributed by atoms with E-state index in [0.717, 1.165) is 12.0 Å². The minimum atomic E-state index is -1.14. The van der Waals surface area contributed by atoms with Crippen LogP contribution in [0, 0.1) is 5.41 Å². The van der Waals surface area contributed by atoms with Crippen LogP contribution in [0.4, 0.5) is 0 Å². The van der Waals surface area contributed by atoms with Crippen molar-refractivity contribution in [3.8, 4) is 0 Å². The van der Waals surface area contributed by atoms with Gasteiger partial charge < -0.3 is 15.0 Å². The molecule has 29 heavy (non-hydrogen) atoms. The number of carbonyl (C=O) groups is 3. The Kier molecular flexibility index (Phi) is 9.77. The molecule has 0 aromatic heterocycles. The van der Waals surface area contributed by atoms with Gasteiger partial charge in [0.15, 0.2) is 0 Å². The lowest BCUT2D eigenvalue weighted by Gasteiger charge is -2.39. The van der Waals surface area contributed by atoms with Gasteiger partial charge in [0.25, 0.3) is 5.91 Å². The van der Waals surface area contributed by atoms with Gasteiger partial charge in [-0.1, -0.05) is 51.1 Å². The van der Waals surface area contributed by atoms with E-state index in [9.17, 15) is 14.4 Å². The quantitative estimate of drug-likeness (QED) is 0.403. The third kappa shape index (κ3) is 7.47. The fourth-order valence-corrected chi connectivity index (χ4v) is 3.27. The average Bonchev–Trinajstić information content (AvgIpc) is 2.69. The maximum Gasteiger partial charge on any atom is 0.272 e. The van der Waals surface area contributed by atoms with Crippen LogP contribution in [-0.2, 0) is 25.5 Å². The number of carbonyl (C=O) groups excluding carboxylic acids is 3. The molecule has 2 atom stereocenters. The molecular weight excluding hydrogens is 374 g/mol. The van der Waals surface area contributed by atoms with Gasteiger partial charge in [-0.2, -0.15) is 0 Å². The summed E-state index contributed by atoms with van der Waals surface area (Å²) in [5, 5.41) is 11.5. The SMILES string of the molecule is CNC(=O)[C@@H](N(CCCc1ccccc1)C(=O)C[C@H](OC)C(=O)NO)C(C)(C)C. The minimum Gasteiger partial charge on any atom is -0.371 e. The van der Waals surface area contributed by atoms with Crippen LogP contribution in [-0.4, -0.2) is 60.7 Å². The van der Waals surface area contributed by atoms with Crippen molar-refractivity contribution < 1.29 is 24.3 Å². The van der Waals surface area contributed by atoms with E-state index < -0.39 is 29.4 Å². The van der Waals surface area contributed by atoms with Crippen LogP contribution in [0.25, 0.3) is 0 Å². The van der Waals surface area contributed by atoms with Gasteiger partial charge >= 0.3 is 0 Å². The average molecular weight is 408 g/mol. The Hall–Kier alpha value is -2.45. The lowest BCUT2D eigenvalue weighted by molar-refractivity contribution is -0.151. The number of nitrogens with one attached hydrogen (secondary N) is 2. The van der Waals surface area contributed by atoms with Crippen LogP contribution in [0.1, 0.15) is 39.2 Å². The molecule has 0 unspecified atom stereocenters. The van der Waals surface area contributed by atoms with Gasteiger partial charge in [-0.3, -0.25) is 19.6 Å². The molecule has 0 aliphatic rings. The highest BCUT2D eigenvalue weighted by Gasteiger charge is 2.39. The molecule has 8 heteroatoms. The monoisotopic (exact) mass is 407 g/mol. The molecule has 0 heterocycles. The Balaban J connectivity index is 3.06. The number of hydrogen-bond acceptors (Lipinski definition) is 5. The maximum atomic E-state index is 13.1. The molecule has 0 saturated carbocycles. The van der Waals surface area contributed by atoms with Crippen molar-refractivity contribution in [2.24, 2.45) is 5.41 Å². The first-order valence-electron chi connectivity index (χ1n) is 9.67. The zero-order valence-corrected chi connectivity index (χ0v) is 17.9. The highest BCUT2D eigenvalue weighted by atomic mass is 16.5. The van der Waals surface area contributed by atoms with Crippen LogP contribution in [0.3, 0.4) is 0 Å². The molecule has 0 saturated heterocycles. The van der Waals surface area contributed by atoms with E-state index in [1.165, 1.54) is 24.5 Å². The highest BCUT2D eigenvalue weighted by Crippen LogP contribution is 2.26. The zero-order chi connectivity index (χ0) is 22.0. The molecule has 0 fully saturated rings. The van der Waals surface area contributed by atoms with Crippen molar-refractivity contribution in [3.05, 3.63) is 35.9 Å². The summed E-state index contributed by atoms with van der Waals surface area (Å²) in [6.45, 7) is 6.01. The molecule has 0 bridgehead atoms. The molecule has 0 aliphatic carbocycles. The number of methoxy groups -OCH3 is 1. The van der Waals surface area contributed by atoms with E-state index in [0.29, 0.717) is 13.0 Å². The van der Waals surface area contributed by atoms with Crippen molar-refractivity contribution in [2.75, 3.05) is 20.7 Å². The smallest absolute Gasteiger partial charge is 0.272 e. The van der Waals surface area contributed by atoms with E-state index in [1.807, 2.05) is 51.1 Å². The second kappa shape index (κ2) is 11.5. The fraction of sp³-hybridized carbons (Fsp3) is 0.571. The van der Waals surface area contributed by atoms with Gasteiger partial charge in [-0.15, -0.1) is 0 Å². The van der Waals surface area contributed by atoms with Crippen molar-refractivity contribution in [1.29, 1.82) is 0 Å². The third-order valence-electron chi connectivity index (χ3n) is 4.70. The number of benzene rings is 1. The third-order valence-corrected chi connectivity index (χ3v) is 4.70. The van der Waals surface area contributed by atoms with Gasteiger partial charge in [-0.05, 0) is 23.8 Å². The van der Waals surface area contributed by atoms with E-state index in [2.05, 4.69) is 5.32 Å². The lowest BCUT2D eigenvalue weighted by atomic mass is 9.84. The molecule has 1 aromatic rings. The Morgan fingerprint density at radius 1 is 1.14 bits per heavy atom. The summed E-state index contributed by atoms with van der Waals surface area (Å²) in [7, 11) is 2.82. The van der Waals surface area contributed by atoms with Crippen LogP contribution in [0.15, 0.2) is 30.3 Å². The maximum absolute atomic E-state index is 13.1. The summed E-state index contributed by atoms with van der Waals surface area (Å²) in [4.78, 5) is 38.9. The summed E-state index contributed by atoms with van der Waals surface area (Å²) in [6, 6.07) is 9.16. The number of likely N-dealkylation sites (N-methyl/N-ethyl adjacent to an activating group) is 1. The van der Waals surface area contributed by atoms with Gasteiger partial charge in [0.1, 0.15) is 12.1 Å². The van der Waals surface area contributed by atoms with E-state index in [-0.39, 0.29) is 12.3 Å². The topological polar surface area (TPSA) is 108 Å². The molecule has 0 spiro atoms. The van der Waals surface area contributed by atoms with Gasteiger partial charge in [0.05, 0.1) is 6.42 Å². The Morgan fingerprint density at radius 2 is 1.76 bits per heavy atom. The second-order valence-electron chi connectivity index (χ2n) is 7.96. The zero-order valence-electron chi connectivity index (χ0n) is 17.9. The number of aryl methyl sites for hydroxylation is 1. The van der Waals surface area contributed by atoms with Crippen molar-refractivity contribution in [1.82, 2.24) is 15.7 Å². The molecule has 1 aromatic carbocycles. The minimum absolute atomic E-state index is 0.272. The van der Waals surface area contributed by atoms with Crippen LogP contribution >= 0.6 is 0 Å². The predicted molar refractivity (Wildman–Crippen MR) is 109 cm³/mol. The van der Waals surface area contributed by atoms with Crippen LogP contribution in [0.2, 0.25) is 0 Å². The molecule has 3 amide bonds. The molecule has 0 aliphatic heterocycles. The summed E-state index contributed by atoms with van der Waals surface area (Å²) in [6.07, 6.45) is -0.0180. The van der Waals surface area contributed by atoms with Gasteiger partial charge in [0, 0.05) is 20.7 Å². The number of rotatable bonds is 10. The lowest BCUT2D eigenvalue weighted by Crippen LogP contribution is -2.56. The Labute approximate surface area is 172 Å². The molecular formula is C21H33N3O5. The van der Waals surface area contributed by atoms with Crippen LogP contribution in [0.5, 0.6) is 0 Å². The van der Waals surface area contributed by atoms with E-state index in [4.69, 9.17) is 9.94 Å². The van der Waals surface area contributed by atoms with Crippen molar-refractivity contribution in [2.45, 2.75) is 52.2 Å². The Morgan fingerprint density at radius 3 is 2.24 bits per heavy atom. The second-order valence-corrected chi connectivity index (χ2v) is 7.96. The normalized spacial score (nSPS) is 13.3. The van der Waals surface area contributed by atoms with E-state index >= 15 is 0 Å².